The molecule has 0 fully saturated rings. The van der Waals surface area contributed by atoms with Crippen LogP contribution in [-0.4, -0.2) is 23.0 Å². The molecule has 3 rings (SSSR count). The van der Waals surface area contributed by atoms with E-state index in [2.05, 4.69) is 5.32 Å². The van der Waals surface area contributed by atoms with Crippen LogP contribution in [0.25, 0.3) is 5.69 Å². The number of fused-ring (bicyclic) bond motifs is 1. The van der Waals surface area contributed by atoms with Gasteiger partial charge in [-0.2, -0.15) is 0 Å². The normalized spacial score (nSPS) is 13.5. The zero-order chi connectivity index (χ0) is 19.2. The quantitative estimate of drug-likeness (QED) is 0.814. The number of nitrogen functional groups attached to an aromatic ring is 1. The summed E-state index contributed by atoms with van der Waals surface area (Å²) in [5.74, 6) is -2.46. The van der Waals surface area contributed by atoms with E-state index < -0.39 is 23.2 Å². The first-order valence-corrected chi connectivity index (χ1v) is 7.93. The minimum Gasteiger partial charge on any atom is -0.488 e. The number of para-hydroxylation sites is 1. The van der Waals surface area contributed by atoms with Gasteiger partial charge >= 0.3 is 0 Å². The van der Waals surface area contributed by atoms with Crippen LogP contribution in [0.2, 0.25) is 0 Å². The van der Waals surface area contributed by atoms with Crippen LogP contribution in [0.5, 0.6) is 5.75 Å². The van der Waals surface area contributed by atoms with Crippen LogP contribution < -0.4 is 21.3 Å². The molecule has 0 radical (unpaired) electrons. The number of nitrogens with zero attached hydrogens (tertiary/aromatic N) is 1. The summed E-state index contributed by atoms with van der Waals surface area (Å²) in [6, 6.07) is 5.07. The molecule has 0 unspecified atom stereocenters. The van der Waals surface area contributed by atoms with Gasteiger partial charge in [0.15, 0.2) is 11.6 Å². The number of ether oxygens (including phenoxy) is 1. The number of carbonyl (C=O) groups is 2. The SMILES string of the molecule is CC(C)(C)COc1c(F)cccc1-n1c(N)c2c(cc1=O)C(=O)NC2=O. The van der Waals surface area contributed by atoms with Gasteiger partial charge in [0.05, 0.1) is 23.4 Å². The van der Waals surface area contributed by atoms with Gasteiger partial charge in [0, 0.05) is 6.07 Å². The minimum absolute atomic E-state index is 0.0618. The molecular weight excluding hydrogens is 341 g/mol. The molecule has 0 saturated carbocycles. The number of benzene rings is 1. The molecule has 2 amide bonds. The van der Waals surface area contributed by atoms with Gasteiger partial charge in [-0.25, -0.2) is 4.39 Å². The summed E-state index contributed by atoms with van der Waals surface area (Å²) < 4.78 is 20.9. The Morgan fingerprint density at radius 1 is 1.19 bits per heavy atom. The number of carbonyl (C=O) groups excluding carboxylic acids is 2. The molecule has 0 bridgehead atoms. The summed E-state index contributed by atoms with van der Waals surface area (Å²) in [6.45, 7) is 5.94. The Bertz CT molecular complexity index is 989. The standard InChI is InChI=1S/C18H18FN3O4/c1-18(2,3)8-26-14-10(19)5-4-6-11(14)22-12(23)7-9-13(15(22)20)17(25)21-16(9)24/h4-7H,8,20H2,1-3H3,(H,21,24,25). The number of imide groups is 1. The fourth-order valence-corrected chi connectivity index (χ4v) is 2.63. The first kappa shape index (κ1) is 17.7. The molecule has 0 saturated heterocycles. The van der Waals surface area contributed by atoms with Gasteiger partial charge in [-0.15, -0.1) is 0 Å². The smallest absolute Gasteiger partial charge is 0.262 e. The predicted octanol–water partition coefficient (Wildman–Crippen LogP) is 1.87. The summed E-state index contributed by atoms with van der Waals surface area (Å²) >= 11 is 0. The van der Waals surface area contributed by atoms with Crippen molar-refractivity contribution < 1.29 is 18.7 Å². The number of nitrogens with one attached hydrogen (secondary N) is 1. The summed E-state index contributed by atoms with van der Waals surface area (Å²) in [6.07, 6.45) is 0. The molecule has 2 aromatic rings. The third-order valence-electron chi connectivity index (χ3n) is 3.79. The van der Waals surface area contributed by atoms with Crippen molar-refractivity contribution in [3.8, 4) is 11.4 Å². The number of halogens is 1. The number of rotatable bonds is 3. The van der Waals surface area contributed by atoms with E-state index in [0.29, 0.717) is 0 Å². The Labute approximate surface area is 148 Å². The first-order chi connectivity index (χ1) is 12.1. The highest BCUT2D eigenvalue weighted by atomic mass is 19.1. The van der Waals surface area contributed by atoms with Crippen molar-refractivity contribution in [3.63, 3.8) is 0 Å². The molecule has 7 nitrogen and oxygen atoms in total. The molecule has 3 N–H and O–H groups in total. The average Bonchev–Trinajstić information content (AvgIpc) is 2.80. The molecule has 0 spiro atoms. The fourth-order valence-electron chi connectivity index (χ4n) is 2.63. The number of anilines is 1. The molecule has 0 atom stereocenters. The van der Waals surface area contributed by atoms with Crippen molar-refractivity contribution in [1.29, 1.82) is 0 Å². The zero-order valence-corrected chi connectivity index (χ0v) is 14.6. The molecule has 1 aromatic carbocycles. The van der Waals surface area contributed by atoms with E-state index in [1.807, 2.05) is 20.8 Å². The number of pyridine rings is 1. The van der Waals surface area contributed by atoms with Gasteiger partial charge in [0.2, 0.25) is 0 Å². The fraction of sp³-hybridized carbons (Fsp3) is 0.278. The molecule has 8 heteroatoms. The van der Waals surface area contributed by atoms with Crippen molar-refractivity contribution in [1.82, 2.24) is 9.88 Å². The van der Waals surface area contributed by atoms with Crippen molar-refractivity contribution in [3.05, 3.63) is 51.6 Å². The number of hydrogen-bond acceptors (Lipinski definition) is 5. The van der Waals surface area contributed by atoms with Crippen LogP contribution in [0, 0.1) is 11.2 Å². The van der Waals surface area contributed by atoms with E-state index in [-0.39, 0.29) is 40.4 Å². The Morgan fingerprint density at radius 3 is 2.54 bits per heavy atom. The number of hydrogen-bond donors (Lipinski definition) is 2. The van der Waals surface area contributed by atoms with E-state index >= 15 is 0 Å². The molecule has 1 aliphatic rings. The number of amides is 2. The second-order valence-electron chi connectivity index (χ2n) is 7.21. The van der Waals surface area contributed by atoms with Crippen molar-refractivity contribution in [2.75, 3.05) is 12.3 Å². The lowest BCUT2D eigenvalue weighted by Gasteiger charge is -2.22. The highest BCUT2D eigenvalue weighted by Crippen LogP contribution is 2.31. The van der Waals surface area contributed by atoms with Crippen LogP contribution in [0.15, 0.2) is 29.1 Å². The largest absolute Gasteiger partial charge is 0.488 e. The topological polar surface area (TPSA) is 103 Å². The maximum Gasteiger partial charge on any atom is 0.262 e. The lowest BCUT2D eigenvalue weighted by atomic mass is 9.99. The predicted molar refractivity (Wildman–Crippen MR) is 93.2 cm³/mol. The highest BCUT2D eigenvalue weighted by Gasteiger charge is 2.32. The maximum absolute atomic E-state index is 14.4. The lowest BCUT2D eigenvalue weighted by molar-refractivity contribution is 0.0880. The molecule has 26 heavy (non-hydrogen) atoms. The second-order valence-corrected chi connectivity index (χ2v) is 7.21. The lowest BCUT2D eigenvalue weighted by Crippen LogP contribution is -2.25. The van der Waals surface area contributed by atoms with Gasteiger partial charge in [-0.3, -0.25) is 24.3 Å². The maximum atomic E-state index is 14.4. The molecule has 136 valence electrons. The van der Waals surface area contributed by atoms with Crippen LogP contribution in [0.3, 0.4) is 0 Å². The van der Waals surface area contributed by atoms with Gasteiger partial charge in [0.25, 0.3) is 17.4 Å². The van der Waals surface area contributed by atoms with Crippen LogP contribution in [0.4, 0.5) is 10.2 Å². The van der Waals surface area contributed by atoms with E-state index in [4.69, 9.17) is 10.5 Å². The van der Waals surface area contributed by atoms with E-state index in [9.17, 15) is 18.8 Å². The van der Waals surface area contributed by atoms with Gasteiger partial charge < -0.3 is 10.5 Å². The highest BCUT2D eigenvalue weighted by molar-refractivity contribution is 6.23. The monoisotopic (exact) mass is 359 g/mol. The Hall–Kier alpha value is -3.16. The van der Waals surface area contributed by atoms with Crippen LogP contribution in [0.1, 0.15) is 41.5 Å². The van der Waals surface area contributed by atoms with E-state index in [1.165, 1.54) is 18.2 Å². The summed E-state index contributed by atoms with van der Waals surface area (Å²) in [7, 11) is 0. The van der Waals surface area contributed by atoms with Gasteiger partial charge in [-0.1, -0.05) is 26.8 Å². The van der Waals surface area contributed by atoms with Crippen LogP contribution >= 0.6 is 0 Å². The third kappa shape index (κ3) is 2.94. The van der Waals surface area contributed by atoms with E-state index in [1.54, 1.807) is 0 Å². The molecular formula is C18H18FN3O4. The Balaban J connectivity index is 2.21. The van der Waals surface area contributed by atoms with Crippen LogP contribution in [-0.2, 0) is 0 Å². The zero-order valence-electron chi connectivity index (χ0n) is 14.6. The second kappa shape index (κ2) is 5.98. The first-order valence-electron chi connectivity index (χ1n) is 7.93. The van der Waals surface area contributed by atoms with Crippen molar-refractivity contribution >= 4 is 17.6 Å². The number of aromatic nitrogens is 1. The summed E-state index contributed by atoms with van der Waals surface area (Å²) in [4.78, 5) is 36.2. The summed E-state index contributed by atoms with van der Waals surface area (Å²) in [5.41, 5.74) is 4.93. The van der Waals surface area contributed by atoms with Crippen molar-refractivity contribution in [2.24, 2.45) is 5.41 Å². The van der Waals surface area contributed by atoms with Crippen molar-refractivity contribution in [2.45, 2.75) is 20.8 Å². The van der Waals surface area contributed by atoms with Gasteiger partial charge in [0.1, 0.15) is 5.82 Å². The Kier molecular flexibility index (Phi) is 4.06. The average molecular weight is 359 g/mol. The van der Waals surface area contributed by atoms with Gasteiger partial charge in [-0.05, 0) is 17.5 Å². The third-order valence-corrected chi connectivity index (χ3v) is 3.79. The molecule has 0 aliphatic carbocycles. The molecule has 1 aliphatic heterocycles. The molecule has 1 aromatic heterocycles. The molecule has 2 heterocycles. The van der Waals surface area contributed by atoms with E-state index in [0.717, 1.165) is 10.6 Å². The Morgan fingerprint density at radius 2 is 1.88 bits per heavy atom. The summed E-state index contributed by atoms with van der Waals surface area (Å²) in [5, 5.41) is 2.08. The minimum atomic E-state index is -0.704. The number of nitrogens with two attached hydrogens (primary N) is 1.